The van der Waals surface area contributed by atoms with Crippen molar-refractivity contribution in [1.29, 1.82) is 0 Å². The second kappa shape index (κ2) is 4.41. The van der Waals surface area contributed by atoms with Gasteiger partial charge in [-0.05, 0) is 20.3 Å². The average Bonchev–Trinajstić information content (AvgIpc) is 1.82. The highest BCUT2D eigenvalue weighted by Crippen LogP contribution is 2.01. The van der Waals surface area contributed by atoms with E-state index < -0.39 is 12.2 Å². The second-order valence-electron chi connectivity index (χ2n) is 2.55. The highest BCUT2D eigenvalue weighted by atomic mass is 16.3. The molecular formula is C7H14O3. The predicted octanol–water partition coefficient (Wildman–Crippen LogP) is 0.0973. The van der Waals surface area contributed by atoms with Crippen molar-refractivity contribution in [2.24, 2.45) is 0 Å². The van der Waals surface area contributed by atoms with Gasteiger partial charge in [0, 0.05) is 6.42 Å². The van der Waals surface area contributed by atoms with Crippen molar-refractivity contribution in [3.05, 3.63) is 0 Å². The quantitative estimate of drug-likeness (QED) is 0.591. The summed E-state index contributed by atoms with van der Waals surface area (Å²) in [5.74, 6) is 0.0414. The molecule has 0 amide bonds. The highest BCUT2D eigenvalue weighted by molar-refractivity contribution is 5.75. The van der Waals surface area contributed by atoms with E-state index in [0.717, 1.165) is 0 Å². The molecule has 0 aliphatic carbocycles. The first-order valence-electron chi connectivity index (χ1n) is 3.39. The summed E-state index contributed by atoms with van der Waals surface area (Å²) >= 11 is 0. The fourth-order valence-electron chi connectivity index (χ4n) is 0.592. The van der Waals surface area contributed by atoms with Crippen molar-refractivity contribution < 1.29 is 15.0 Å². The van der Waals surface area contributed by atoms with Crippen molar-refractivity contribution in [3.63, 3.8) is 0 Å². The minimum absolute atomic E-state index is 0.0414. The Morgan fingerprint density at radius 2 is 2.00 bits per heavy atom. The second-order valence-corrected chi connectivity index (χ2v) is 2.55. The lowest BCUT2D eigenvalue weighted by molar-refractivity contribution is -0.117. The van der Waals surface area contributed by atoms with Gasteiger partial charge in [-0.3, -0.25) is 0 Å². The first-order valence-corrected chi connectivity index (χ1v) is 3.39. The zero-order valence-corrected chi connectivity index (χ0v) is 6.37. The zero-order chi connectivity index (χ0) is 8.15. The van der Waals surface area contributed by atoms with Gasteiger partial charge in [-0.25, -0.2) is 0 Å². The van der Waals surface area contributed by atoms with E-state index in [2.05, 4.69) is 0 Å². The number of carbonyl (C=O) groups is 1. The number of hydrogen-bond donors (Lipinski definition) is 2. The molecule has 3 nitrogen and oxygen atoms in total. The van der Waals surface area contributed by atoms with Gasteiger partial charge in [0.15, 0.2) is 0 Å². The Kier molecular flexibility index (Phi) is 4.23. The van der Waals surface area contributed by atoms with Gasteiger partial charge >= 0.3 is 0 Å². The number of ketones is 1. The van der Waals surface area contributed by atoms with Crippen LogP contribution in [0.2, 0.25) is 0 Å². The van der Waals surface area contributed by atoms with Gasteiger partial charge in [-0.1, -0.05) is 0 Å². The molecule has 2 N–H and O–H groups in total. The van der Waals surface area contributed by atoms with Crippen LogP contribution in [-0.4, -0.2) is 28.2 Å². The Bertz CT molecular complexity index is 109. The molecule has 0 aliphatic rings. The molecule has 2 atom stereocenters. The van der Waals surface area contributed by atoms with Gasteiger partial charge in [0.25, 0.3) is 0 Å². The maximum atomic E-state index is 10.4. The number of hydrogen-bond acceptors (Lipinski definition) is 3. The minimum Gasteiger partial charge on any atom is -0.391 e. The van der Waals surface area contributed by atoms with E-state index in [1.807, 2.05) is 0 Å². The van der Waals surface area contributed by atoms with Gasteiger partial charge in [-0.15, -0.1) is 0 Å². The molecule has 0 aliphatic heterocycles. The van der Waals surface area contributed by atoms with Crippen LogP contribution in [0.4, 0.5) is 0 Å². The van der Waals surface area contributed by atoms with Crippen molar-refractivity contribution in [2.75, 3.05) is 0 Å². The van der Waals surface area contributed by atoms with Crippen molar-refractivity contribution in [2.45, 2.75) is 38.9 Å². The summed E-state index contributed by atoms with van der Waals surface area (Å²) in [5, 5.41) is 17.7. The third-order valence-electron chi connectivity index (χ3n) is 1.35. The Morgan fingerprint density at radius 3 is 2.30 bits per heavy atom. The average molecular weight is 146 g/mol. The monoisotopic (exact) mass is 146 g/mol. The maximum absolute atomic E-state index is 10.4. The summed E-state index contributed by atoms with van der Waals surface area (Å²) in [6, 6.07) is 0. The molecule has 0 aromatic rings. The van der Waals surface area contributed by atoms with E-state index in [0.29, 0.717) is 12.8 Å². The molecule has 0 spiro atoms. The molecule has 3 heteroatoms. The third kappa shape index (κ3) is 4.47. The molecule has 0 fully saturated rings. The Labute approximate surface area is 60.7 Å². The summed E-state index contributed by atoms with van der Waals surface area (Å²) in [6.07, 6.45) is -0.803. The van der Waals surface area contributed by atoms with E-state index >= 15 is 0 Å². The van der Waals surface area contributed by atoms with Gasteiger partial charge in [0.1, 0.15) is 5.78 Å². The molecule has 0 unspecified atom stereocenters. The number of carbonyl (C=O) groups excluding carboxylic acids is 1. The highest BCUT2D eigenvalue weighted by Gasteiger charge is 2.10. The molecule has 0 bridgehead atoms. The molecule has 0 radical (unpaired) electrons. The summed E-state index contributed by atoms with van der Waals surface area (Å²) in [7, 11) is 0. The van der Waals surface area contributed by atoms with Crippen LogP contribution in [0, 0.1) is 0 Å². The number of aliphatic hydroxyl groups excluding tert-OH is 2. The van der Waals surface area contributed by atoms with Gasteiger partial charge < -0.3 is 15.0 Å². The molecular weight excluding hydrogens is 132 g/mol. The maximum Gasteiger partial charge on any atom is 0.129 e. The smallest absolute Gasteiger partial charge is 0.129 e. The van der Waals surface area contributed by atoms with E-state index in [9.17, 15) is 4.79 Å². The number of aliphatic hydroxyl groups is 2. The molecule has 0 rings (SSSR count). The van der Waals surface area contributed by atoms with Crippen LogP contribution in [0.5, 0.6) is 0 Å². The van der Waals surface area contributed by atoms with Crippen LogP contribution in [0.1, 0.15) is 26.7 Å². The van der Waals surface area contributed by atoms with E-state index in [4.69, 9.17) is 10.2 Å². The van der Waals surface area contributed by atoms with Crippen LogP contribution in [0.25, 0.3) is 0 Å². The number of rotatable bonds is 4. The lowest BCUT2D eigenvalue weighted by Crippen LogP contribution is -2.22. The molecule has 60 valence electrons. The summed E-state index contributed by atoms with van der Waals surface area (Å²) < 4.78 is 0. The summed E-state index contributed by atoms with van der Waals surface area (Å²) in [4.78, 5) is 10.4. The Morgan fingerprint density at radius 1 is 1.50 bits per heavy atom. The fourth-order valence-corrected chi connectivity index (χ4v) is 0.592. The molecule has 0 aromatic heterocycles. The fraction of sp³-hybridized carbons (Fsp3) is 0.857. The van der Waals surface area contributed by atoms with Gasteiger partial charge in [0.05, 0.1) is 12.2 Å². The van der Waals surface area contributed by atoms with Gasteiger partial charge in [-0.2, -0.15) is 0 Å². The van der Waals surface area contributed by atoms with Gasteiger partial charge in [0.2, 0.25) is 0 Å². The number of Topliss-reactive ketones (excluding diaryl/α,β-unsaturated/α-hetero) is 1. The van der Waals surface area contributed by atoms with Crippen molar-refractivity contribution in [1.82, 2.24) is 0 Å². The van der Waals surface area contributed by atoms with Crippen LogP contribution in [0.3, 0.4) is 0 Å². The predicted molar refractivity (Wildman–Crippen MR) is 37.6 cm³/mol. The molecule has 10 heavy (non-hydrogen) atoms. The largest absolute Gasteiger partial charge is 0.391 e. The Balaban J connectivity index is 3.39. The lowest BCUT2D eigenvalue weighted by atomic mass is 10.1. The minimum atomic E-state index is -0.760. The van der Waals surface area contributed by atoms with E-state index in [1.54, 1.807) is 0 Å². The van der Waals surface area contributed by atoms with Crippen molar-refractivity contribution in [3.8, 4) is 0 Å². The Hall–Kier alpha value is -0.410. The van der Waals surface area contributed by atoms with Crippen LogP contribution >= 0.6 is 0 Å². The van der Waals surface area contributed by atoms with Crippen LogP contribution in [-0.2, 0) is 4.79 Å². The zero-order valence-electron chi connectivity index (χ0n) is 6.37. The normalized spacial score (nSPS) is 16.4. The SMILES string of the molecule is CC(=O)CC[C@H](O)[C@H](C)O. The third-order valence-corrected chi connectivity index (χ3v) is 1.35. The topological polar surface area (TPSA) is 57.5 Å². The first kappa shape index (κ1) is 9.59. The summed E-state index contributed by atoms with van der Waals surface area (Å²) in [5.41, 5.74) is 0. The van der Waals surface area contributed by atoms with Crippen molar-refractivity contribution >= 4 is 5.78 Å². The molecule has 0 aromatic carbocycles. The first-order chi connectivity index (χ1) is 4.54. The standard InChI is InChI=1S/C7H14O3/c1-5(8)3-4-7(10)6(2)9/h6-7,9-10H,3-4H2,1-2H3/t6-,7-/m0/s1. The van der Waals surface area contributed by atoms with Crippen LogP contribution < -0.4 is 0 Å². The molecule has 0 saturated heterocycles. The molecule has 0 heterocycles. The lowest BCUT2D eigenvalue weighted by Gasteiger charge is -2.11. The van der Waals surface area contributed by atoms with E-state index in [-0.39, 0.29) is 5.78 Å². The van der Waals surface area contributed by atoms with Crippen LogP contribution in [0.15, 0.2) is 0 Å². The molecule has 0 saturated carbocycles. The van der Waals surface area contributed by atoms with E-state index in [1.165, 1.54) is 13.8 Å². The summed E-state index contributed by atoms with van der Waals surface area (Å²) in [6.45, 7) is 2.97.